The van der Waals surface area contributed by atoms with E-state index >= 15 is 0 Å². The summed E-state index contributed by atoms with van der Waals surface area (Å²) < 4.78 is 0. The molecule has 72 valence electrons. The van der Waals surface area contributed by atoms with Crippen molar-refractivity contribution in [1.29, 1.82) is 15.8 Å². The second-order valence-electron chi connectivity index (χ2n) is 4.13. The van der Waals surface area contributed by atoms with Crippen molar-refractivity contribution in [3.05, 3.63) is 0 Å². The fourth-order valence-corrected chi connectivity index (χ4v) is 2.07. The Bertz CT molecular complexity index is 325. The van der Waals surface area contributed by atoms with E-state index < -0.39 is 10.8 Å². The first kappa shape index (κ1) is 10.6. The fraction of sp³-hybridized carbons (Fsp3) is 0.727. The van der Waals surface area contributed by atoms with Crippen LogP contribution in [0.25, 0.3) is 0 Å². The predicted octanol–water partition coefficient (Wildman–Crippen LogP) is 2.51. The zero-order valence-electron chi connectivity index (χ0n) is 8.38. The summed E-state index contributed by atoms with van der Waals surface area (Å²) >= 11 is 0. The van der Waals surface area contributed by atoms with Gasteiger partial charge in [-0.2, -0.15) is 15.8 Å². The lowest BCUT2D eigenvalue weighted by Crippen LogP contribution is -2.35. The number of nitrogens with zero attached hydrogens (tertiary/aromatic N) is 3. The fourth-order valence-electron chi connectivity index (χ4n) is 2.07. The highest BCUT2D eigenvalue weighted by Crippen LogP contribution is 2.48. The van der Waals surface area contributed by atoms with Crippen LogP contribution in [0.15, 0.2) is 0 Å². The van der Waals surface area contributed by atoms with Crippen molar-refractivity contribution in [3.63, 3.8) is 0 Å². The van der Waals surface area contributed by atoms with Crippen LogP contribution >= 0.6 is 0 Å². The maximum atomic E-state index is 9.12. The van der Waals surface area contributed by atoms with Crippen LogP contribution in [0.1, 0.15) is 39.0 Å². The first-order valence-corrected chi connectivity index (χ1v) is 4.88. The van der Waals surface area contributed by atoms with Crippen LogP contribution in [-0.2, 0) is 0 Å². The number of rotatable bonds is 0. The summed E-state index contributed by atoms with van der Waals surface area (Å²) in [5.41, 5.74) is -1.90. The van der Waals surface area contributed by atoms with Gasteiger partial charge >= 0.3 is 0 Å². The third-order valence-corrected chi connectivity index (χ3v) is 3.30. The summed E-state index contributed by atoms with van der Waals surface area (Å²) in [6.45, 7) is 1.74. The van der Waals surface area contributed by atoms with E-state index in [1.807, 2.05) is 0 Å². The van der Waals surface area contributed by atoms with Gasteiger partial charge in [-0.1, -0.05) is 19.3 Å². The Morgan fingerprint density at radius 2 is 1.43 bits per heavy atom. The molecular weight excluding hydrogens is 174 g/mol. The summed E-state index contributed by atoms with van der Waals surface area (Å²) in [6, 6.07) is 6.30. The Morgan fingerprint density at radius 3 is 1.93 bits per heavy atom. The molecule has 1 unspecified atom stereocenters. The van der Waals surface area contributed by atoms with E-state index in [4.69, 9.17) is 15.8 Å². The van der Waals surface area contributed by atoms with Crippen molar-refractivity contribution >= 4 is 0 Å². The molecule has 0 aromatic rings. The average molecular weight is 187 g/mol. The SMILES string of the molecule is CC1(C#N)CCCCCC1(C#N)C#N. The molecular formula is C11H13N3. The van der Waals surface area contributed by atoms with Crippen LogP contribution in [0.5, 0.6) is 0 Å². The predicted molar refractivity (Wildman–Crippen MR) is 50.5 cm³/mol. The minimum absolute atomic E-state index is 0.532. The Labute approximate surface area is 84.6 Å². The molecule has 1 atom stereocenters. The number of hydrogen-bond acceptors (Lipinski definition) is 3. The molecule has 3 heteroatoms. The highest BCUT2D eigenvalue weighted by Gasteiger charge is 2.50. The van der Waals surface area contributed by atoms with E-state index in [0.29, 0.717) is 12.8 Å². The molecule has 0 aliphatic heterocycles. The Hall–Kier alpha value is -1.53. The third-order valence-electron chi connectivity index (χ3n) is 3.30. The first-order chi connectivity index (χ1) is 6.64. The van der Waals surface area contributed by atoms with E-state index in [1.54, 1.807) is 6.92 Å². The second kappa shape index (κ2) is 3.69. The van der Waals surface area contributed by atoms with Crippen LogP contribution < -0.4 is 0 Å². The zero-order valence-corrected chi connectivity index (χ0v) is 8.38. The molecule has 0 aromatic heterocycles. The zero-order chi connectivity index (χ0) is 10.7. The second-order valence-corrected chi connectivity index (χ2v) is 4.13. The van der Waals surface area contributed by atoms with Gasteiger partial charge in [-0.05, 0) is 19.8 Å². The molecule has 0 saturated heterocycles. The van der Waals surface area contributed by atoms with Crippen LogP contribution in [0.4, 0.5) is 0 Å². The number of hydrogen-bond donors (Lipinski definition) is 0. The molecule has 1 fully saturated rings. The van der Waals surface area contributed by atoms with Crippen LogP contribution in [0.3, 0.4) is 0 Å². The minimum Gasteiger partial charge on any atom is -0.198 e. The van der Waals surface area contributed by atoms with Gasteiger partial charge in [0.2, 0.25) is 0 Å². The Kier molecular flexibility index (Phi) is 2.78. The molecule has 0 heterocycles. The lowest BCUT2D eigenvalue weighted by molar-refractivity contribution is 0.230. The van der Waals surface area contributed by atoms with E-state index in [2.05, 4.69) is 18.2 Å². The van der Waals surface area contributed by atoms with Gasteiger partial charge < -0.3 is 0 Å². The Balaban J connectivity index is 3.18. The van der Waals surface area contributed by atoms with Crippen LogP contribution in [0.2, 0.25) is 0 Å². The molecule has 1 saturated carbocycles. The van der Waals surface area contributed by atoms with Crippen molar-refractivity contribution in [2.24, 2.45) is 10.8 Å². The molecule has 0 radical (unpaired) electrons. The highest BCUT2D eigenvalue weighted by molar-refractivity contribution is 5.26. The molecule has 0 amide bonds. The van der Waals surface area contributed by atoms with Gasteiger partial charge in [0.1, 0.15) is 0 Å². The van der Waals surface area contributed by atoms with Crippen LogP contribution in [-0.4, -0.2) is 0 Å². The maximum Gasteiger partial charge on any atom is 0.162 e. The van der Waals surface area contributed by atoms with Gasteiger partial charge in [-0.3, -0.25) is 0 Å². The van der Waals surface area contributed by atoms with E-state index in [9.17, 15) is 0 Å². The molecule has 1 aliphatic rings. The standard InChI is InChI=1S/C11H13N3/c1-10(7-12)5-3-2-4-6-11(10,8-13)9-14/h2-6H2,1H3. The first-order valence-electron chi connectivity index (χ1n) is 4.88. The van der Waals surface area contributed by atoms with Gasteiger partial charge in [0, 0.05) is 0 Å². The largest absolute Gasteiger partial charge is 0.198 e. The Morgan fingerprint density at radius 1 is 0.857 bits per heavy atom. The summed E-state index contributed by atoms with van der Waals surface area (Å²) in [5.74, 6) is 0. The van der Waals surface area contributed by atoms with Gasteiger partial charge in [-0.25, -0.2) is 0 Å². The van der Waals surface area contributed by atoms with Gasteiger partial charge in [0.15, 0.2) is 5.41 Å². The third kappa shape index (κ3) is 1.34. The molecule has 3 nitrogen and oxygen atoms in total. The number of nitriles is 3. The topological polar surface area (TPSA) is 71.4 Å². The van der Waals surface area contributed by atoms with Crippen molar-refractivity contribution < 1.29 is 0 Å². The molecule has 0 spiro atoms. The monoisotopic (exact) mass is 187 g/mol. The average Bonchev–Trinajstić information content (AvgIpc) is 2.39. The maximum absolute atomic E-state index is 9.12. The van der Waals surface area contributed by atoms with Crippen molar-refractivity contribution in [2.45, 2.75) is 39.0 Å². The molecule has 1 rings (SSSR count). The quantitative estimate of drug-likeness (QED) is 0.547. The summed E-state index contributed by atoms with van der Waals surface area (Å²) in [6.07, 6.45) is 4.02. The van der Waals surface area contributed by atoms with Crippen LogP contribution in [0, 0.1) is 44.8 Å². The van der Waals surface area contributed by atoms with Gasteiger partial charge in [-0.15, -0.1) is 0 Å². The summed E-state index contributed by atoms with van der Waals surface area (Å²) in [7, 11) is 0. The van der Waals surface area contributed by atoms with E-state index in [-0.39, 0.29) is 0 Å². The summed E-state index contributed by atoms with van der Waals surface area (Å²) in [4.78, 5) is 0. The highest BCUT2D eigenvalue weighted by atomic mass is 14.5. The molecule has 1 aliphatic carbocycles. The van der Waals surface area contributed by atoms with Crippen molar-refractivity contribution in [2.75, 3.05) is 0 Å². The van der Waals surface area contributed by atoms with Gasteiger partial charge in [0.25, 0.3) is 0 Å². The lowest BCUT2D eigenvalue weighted by Gasteiger charge is -2.31. The van der Waals surface area contributed by atoms with E-state index in [1.165, 1.54) is 0 Å². The molecule has 14 heavy (non-hydrogen) atoms. The van der Waals surface area contributed by atoms with Crippen molar-refractivity contribution in [1.82, 2.24) is 0 Å². The molecule has 0 bridgehead atoms. The summed E-state index contributed by atoms with van der Waals surface area (Å²) in [5, 5.41) is 27.3. The lowest BCUT2D eigenvalue weighted by atomic mass is 9.64. The normalized spacial score (nSPS) is 30.4. The minimum atomic E-state index is -1.10. The van der Waals surface area contributed by atoms with Crippen molar-refractivity contribution in [3.8, 4) is 18.2 Å². The molecule has 0 aromatic carbocycles. The molecule has 0 N–H and O–H groups in total. The van der Waals surface area contributed by atoms with Gasteiger partial charge in [0.05, 0.1) is 23.6 Å². The smallest absolute Gasteiger partial charge is 0.162 e. The van der Waals surface area contributed by atoms with E-state index in [0.717, 1.165) is 19.3 Å².